The van der Waals surface area contributed by atoms with Crippen molar-refractivity contribution in [2.24, 2.45) is 5.92 Å². The van der Waals surface area contributed by atoms with E-state index in [1.165, 1.54) is 22.3 Å². The van der Waals surface area contributed by atoms with Gasteiger partial charge in [0.25, 0.3) is 0 Å². The lowest BCUT2D eigenvalue weighted by molar-refractivity contribution is 0.0750. The predicted molar refractivity (Wildman–Crippen MR) is 86.8 cm³/mol. The Balaban J connectivity index is 2.01. The number of hydrogen-bond acceptors (Lipinski definition) is 2. The molecule has 2 aliphatic rings. The molecule has 2 nitrogen and oxygen atoms in total. The van der Waals surface area contributed by atoms with E-state index < -0.39 is 12.2 Å². The fourth-order valence-corrected chi connectivity index (χ4v) is 4.65. The molecule has 2 N–H and O–H groups in total. The number of benzene rings is 2. The highest BCUT2D eigenvalue weighted by molar-refractivity contribution is 5.52. The Hall–Kier alpha value is -1.64. The number of aliphatic hydroxyl groups excluding tert-OH is 2. The van der Waals surface area contributed by atoms with Gasteiger partial charge in [0.2, 0.25) is 0 Å². The third kappa shape index (κ3) is 1.87. The Labute approximate surface area is 131 Å². The molecule has 0 fully saturated rings. The highest BCUT2D eigenvalue weighted by atomic mass is 16.3. The van der Waals surface area contributed by atoms with E-state index >= 15 is 0 Å². The predicted octanol–water partition coefficient (Wildman–Crippen LogP) is 3.93. The first-order valence-electron chi connectivity index (χ1n) is 8.13. The molecule has 0 saturated heterocycles. The summed E-state index contributed by atoms with van der Waals surface area (Å²) in [4.78, 5) is 0. The van der Waals surface area contributed by atoms with Crippen LogP contribution in [0.1, 0.15) is 64.3 Å². The Kier molecular flexibility index (Phi) is 3.14. The number of aliphatic hydroxyl groups is 2. The van der Waals surface area contributed by atoms with Crippen LogP contribution in [-0.4, -0.2) is 10.2 Å². The SMILES string of the molecule is Cc1cccc2c1C1c3c(C)cccc3[C@@H](O)CC1C[C@@H]2O. The fourth-order valence-electron chi connectivity index (χ4n) is 4.65. The molecular formula is C20H22O2. The minimum Gasteiger partial charge on any atom is -0.388 e. The molecule has 22 heavy (non-hydrogen) atoms. The van der Waals surface area contributed by atoms with Crippen LogP contribution in [0.4, 0.5) is 0 Å². The van der Waals surface area contributed by atoms with Gasteiger partial charge in [0.05, 0.1) is 12.2 Å². The van der Waals surface area contributed by atoms with Crippen molar-refractivity contribution in [3.05, 3.63) is 69.8 Å². The van der Waals surface area contributed by atoms with Crippen LogP contribution in [0.5, 0.6) is 0 Å². The van der Waals surface area contributed by atoms with E-state index in [-0.39, 0.29) is 0 Å². The van der Waals surface area contributed by atoms with Gasteiger partial charge >= 0.3 is 0 Å². The highest BCUT2D eigenvalue weighted by Gasteiger charge is 2.42. The van der Waals surface area contributed by atoms with Crippen molar-refractivity contribution >= 4 is 0 Å². The number of rotatable bonds is 0. The van der Waals surface area contributed by atoms with Crippen LogP contribution in [-0.2, 0) is 0 Å². The van der Waals surface area contributed by atoms with E-state index in [1.54, 1.807) is 0 Å². The first-order chi connectivity index (χ1) is 10.6. The molecule has 0 aromatic heterocycles. The van der Waals surface area contributed by atoms with Gasteiger partial charge in [0.1, 0.15) is 0 Å². The van der Waals surface area contributed by atoms with Crippen LogP contribution >= 0.6 is 0 Å². The van der Waals surface area contributed by atoms with E-state index in [0.29, 0.717) is 11.8 Å². The van der Waals surface area contributed by atoms with Gasteiger partial charge in [-0.25, -0.2) is 0 Å². The van der Waals surface area contributed by atoms with Crippen molar-refractivity contribution < 1.29 is 10.2 Å². The van der Waals surface area contributed by atoms with Crippen molar-refractivity contribution in [2.45, 2.75) is 44.8 Å². The number of aryl methyl sites for hydroxylation is 2. The summed E-state index contributed by atoms with van der Waals surface area (Å²) in [5.74, 6) is 0.617. The molecule has 0 amide bonds. The second-order valence-electron chi connectivity index (χ2n) is 6.90. The van der Waals surface area contributed by atoms with E-state index in [4.69, 9.17) is 0 Å². The molecule has 2 heteroatoms. The summed E-state index contributed by atoms with van der Waals surface area (Å²) in [5, 5.41) is 21.1. The van der Waals surface area contributed by atoms with Gasteiger partial charge in [-0.3, -0.25) is 0 Å². The Morgan fingerprint density at radius 1 is 0.773 bits per heavy atom. The summed E-state index contributed by atoms with van der Waals surface area (Å²) in [7, 11) is 0. The monoisotopic (exact) mass is 294 g/mol. The van der Waals surface area contributed by atoms with Gasteiger partial charge in [0, 0.05) is 5.92 Å². The largest absolute Gasteiger partial charge is 0.388 e. The quantitative estimate of drug-likeness (QED) is 0.773. The number of hydrogen-bond donors (Lipinski definition) is 2. The summed E-state index contributed by atoms with van der Waals surface area (Å²) < 4.78 is 0. The first kappa shape index (κ1) is 14.0. The van der Waals surface area contributed by atoms with E-state index in [1.807, 2.05) is 12.1 Å². The summed E-state index contributed by atoms with van der Waals surface area (Å²) >= 11 is 0. The molecule has 0 spiro atoms. The van der Waals surface area contributed by atoms with Gasteiger partial charge in [-0.05, 0) is 66.0 Å². The molecule has 2 atom stereocenters. The van der Waals surface area contributed by atoms with Crippen LogP contribution in [0, 0.1) is 19.8 Å². The second kappa shape index (κ2) is 4.94. The summed E-state index contributed by atoms with van der Waals surface area (Å²) in [6.07, 6.45) is 0.667. The fraction of sp³-hybridized carbons (Fsp3) is 0.400. The van der Waals surface area contributed by atoms with Crippen molar-refractivity contribution in [3.63, 3.8) is 0 Å². The Morgan fingerprint density at radius 3 is 1.68 bits per heavy atom. The molecular weight excluding hydrogens is 272 g/mol. The normalized spacial score (nSPS) is 29.5. The molecule has 0 unspecified atom stereocenters. The maximum absolute atomic E-state index is 10.5. The van der Waals surface area contributed by atoms with Gasteiger partial charge in [-0.1, -0.05) is 36.4 Å². The molecule has 2 aromatic carbocycles. The van der Waals surface area contributed by atoms with E-state index in [9.17, 15) is 10.2 Å². The lowest BCUT2D eigenvalue weighted by Gasteiger charge is -2.43. The molecule has 2 aromatic rings. The zero-order valence-corrected chi connectivity index (χ0v) is 13.1. The van der Waals surface area contributed by atoms with Crippen molar-refractivity contribution in [2.75, 3.05) is 0 Å². The molecule has 2 aliphatic carbocycles. The topological polar surface area (TPSA) is 40.5 Å². The highest BCUT2D eigenvalue weighted by Crippen LogP contribution is 2.54. The minimum atomic E-state index is -0.408. The van der Waals surface area contributed by atoms with Crippen molar-refractivity contribution in [1.82, 2.24) is 0 Å². The van der Waals surface area contributed by atoms with E-state index in [2.05, 4.69) is 38.1 Å². The van der Waals surface area contributed by atoms with Gasteiger partial charge < -0.3 is 10.2 Å². The van der Waals surface area contributed by atoms with Gasteiger partial charge in [-0.2, -0.15) is 0 Å². The lowest BCUT2D eigenvalue weighted by atomic mass is 9.62. The standard InChI is InChI=1S/C20H22O2/c1-11-5-3-7-14-16(21)9-13-10-17(22)15-8-4-6-12(2)19(15)20(13)18(11)14/h3-8,13,16-17,20-22H,9-10H2,1-2H3/t13?,16-,17-,20?/m0/s1. The zero-order valence-electron chi connectivity index (χ0n) is 13.1. The zero-order chi connectivity index (χ0) is 15.4. The van der Waals surface area contributed by atoms with Crippen molar-refractivity contribution in [1.29, 1.82) is 0 Å². The van der Waals surface area contributed by atoms with Gasteiger partial charge in [0.15, 0.2) is 0 Å². The van der Waals surface area contributed by atoms with Crippen molar-refractivity contribution in [3.8, 4) is 0 Å². The Morgan fingerprint density at radius 2 is 1.23 bits per heavy atom. The van der Waals surface area contributed by atoms with Crippen LogP contribution in [0.2, 0.25) is 0 Å². The second-order valence-corrected chi connectivity index (χ2v) is 6.90. The van der Waals surface area contributed by atoms with E-state index in [0.717, 1.165) is 24.0 Å². The molecule has 0 saturated carbocycles. The van der Waals surface area contributed by atoms with Crippen LogP contribution in [0.3, 0.4) is 0 Å². The molecule has 0 aliphatic heterocycles. The summed E-state index contributed by atoms with van der Waals surface area (Å²) in [6, 6.07) is 12.5. The van der Waals surface area contributed by atoms with Crippen LogP contribution in [0.25, 0.3) is 0 Å². The average molecular weight is 294 g/mol. The molecule has 0 bridgehead atoms. The molecule has 114 valence electrons. The van der Waals surface area contributed by atoms with Crippen LogP contribution in [0.15, 0.2) is 36.4 Å². The Bertz CT molecular complexity index is 673. The average Bonchev–Trinajstić information content (AvgIpc) is 2.48. The summed E-state index contributed by atoms with van der Waals surface area (Å²) in [6.45, 7) is 4.27. The molecule has 0 heterocycles. The van der Waals surface area contributed by atoms with Gasteiger partial charge in [-0.15, -0.1) is 0 Å². The lowest BCUT2D eigenvalue weighted by Crippen LogP contribution is -2.32. The number of fused-ring (bicyclic) bond motifs is 5. The minimum absolute atomic E-state index is 0.305. The maximum atomic E-state index is 10.5. The third-order valence-electron chi connectivity index (χ3n) is 5.58. The van der Waals surface area contributed by atoms with Crippen LogP contribution < -0.4 is 0 Å². The maximum Gasteiger partial charge on any atom is 0.0796 e. The molecule has 0 radical (unpaired) electrons. The summed E-state index contributed by atoms with van der Waals surface area (Å²) in [5.41, 5.74) is 7.22. The third-order valence-corrected chi connectivity index (χ3v) is 5.58. The first-order valence-corrected chi connectivity index (χ1v) is 8.13. The smallest absolute Gasteiger partial charge is 0.0796 e. The molecule has 4 rings (SSSR count).